The summed E-state index contributed by atoms with van der Waals surface area (Å²) in [6.45, 7) is 4.06. The zero-order chi connectivity index (χ0) is 28.9. The van der Waals surface area contributed by atoms with Crippen molar-refractivity contribution in [3.05, 3.63) is 65.7 Å². The molecule has 1 saturated carbocycles. The summed E-state index contributed by atoms with van der Waals surface area (Å²) < 4.78 is 22.9. The second-order valence-corrected chi connectivity index (χ2v) is 11.7. The minimum Gasteiger partial charge on any atom is -0.491 e. The number of hydrogen-bond acceptors (Lipinski definition) is 7. The molecule has 11 nitrogen and oxygen atoms in total. The van der Waals surface area contributed by atoms with Crippen LogP contribution in [0.5, 0.6) is 5.75 Å². The number of urea groups is 1. The van der Waals surface area contributed by atoms with E-state index in [-0.39, 0.29) is 48.8 Å². The standard InChI is InChI=1S/C31H38N4O7/c36-28-19-41-27-10-12-34(16-25(27)33-28)30(38)35-20-31(21-35)14-24(15-31)40-18-23-8-4-5-9-26(23)39-13-11-32-29(37)42-17-22-6-2-1-3-7-22/h1-9,24-25,27H,10-21H2,(H,32,37)(H,33,36)/t25-,27+/m1/s1. The van der Waals surface area contributed by atoms with E-state index < -0.39 is 6.09 Å². The highest BCUT2D eigenvalue weighted by atomic mass is 16.5. The molecule has 1 spiro atoms. The minimum atomic E-state index is -0.480. The fourth-order valence-corrected chi connectivity index (χ4v) is 6.31. The van der Waals surface area contributed by atoms with Crippen LogP contribution in [0, 0.1) is 5.41 Å². The number of nitrogens with one attached hydrogen (secondary N) is 2. The predicted molar refractivity (Wildman–Crippen MR) is 152 cm³/mol. The van der Waals surface area contributed by atoms with E-state index in [0.717, 1.165) is 49.2 Å². The molecule has 4 amide bonds. The lowest BCUT2D eigenvalue weighted by Crippen LogP contribution is -2.69. The third kappa shape index (κ3) is 6.63. The molecule has 6 rings (SSSR count). The van der Waals surface area contributed by atoms with Crippen molar-refractivity contribution in [1.82, 2.24) is 20.4 Å². The first kappa shape index (κ1) is 28.3. The number of rotatable bonds is 9. The number of alkyl carbamates (subject to hydrolysis) is 1. The number of hydrogen-bond donors (Lipinski definition) is 2. The monoisotopic (exact) mass is 578 g/mol. The van der Waals surface area contributed by atoms with Gasteiger partial charge in [0.1, 0.15) is 25.6 Å². The molecule has 3 saturated heterocycles. The van der Waals surface area contributed by atoms with Gasteiger partial charge in [0.05, 0.1) is 31.4 Å². The largest absolute Gasteiger partial charge is 0.491 e. The van der Waals surface area contributed by atoms with Crippen LogP contribution in [0.4, 0.5) is 9.59 Å². The summed E-state index contributed by atoms with van der Waals surface area (Å²) in [6.07, 6.45) is 2.29. The zero-order valence-corrected chi connectivity index (χ0v) is 23.7. The van der Waals surface area contributed by atoms with Gasteiger partial charge in [0.25, 0.3) is 0 Å². The van der Waals surface area contributed by atoms with Crippen LogP contribution in [-0.2, 0) is 32.2 Å². The molecule has 2 N–H and O–H groups in total. The molecule has 1 aliphatic carbocycles. The number of piperidine rings is 1. The van der Waals surface area contributed by atoms with E-state index in [0.29, 0.717) is 32.8 Å². The number of carbonyl (C=O) groups is 3. The highest BCUT2D eigenvalue weighted by Gasteiger charge is 2.55. The number of carbonyl (C=O) groups excluding carboxylic acids is 3. The molecule has 224 valence electrons. The van der Waals surface area contributed by atoms with Crippen molar-refractivity contribution in [1.29, 1.82) is 0 Å². The lowest BCUT2D eigenvalue weighted by atomic mass is 9.62. The van der Waals surface area contributed by atoms with Gasteiger partial charge in [0.2, 0.25) is 5.91 Å². The van der Waals surface area contributed by atoms with Crippen molar-refractivity contribution in [2.45, 2.75) is 50.7 Å². The minimum absolute atomic E-state index is 0.000171. The molecule has 3 aliphatic heterocycles. The summed E-state index contributed by atoms with van der Waals surface area (Å²) in [4.78, 5) is 40.4. The van der Waals surface area contributed by atoms with E-state index in [9.17, 15) is 14.4 Å². The summed E-state index contributed by atoms with van der Waals surface area (Å²) >= 11 is 0. The first-order valence-corrected chi connectivity index (χ1v) is 14.7. The third-order valence-electron chi connectivity index (χ3n) is 8.53. The molecule has 11 heteroatoms. The van der Waals surface area contributed by atoms with Crippen LogP contribution in [0.3, 0.4) is 0 Å². The molecule has 2 atom stereocenters. The van der Waals surface area contributed by atoms with Gasteiger partial charge in [-0.3, -0.25) is 4.79 Å². The second kappa shape index (κ2) is 12.6. The van der Waals surface area contributed by atoms with Crippen molar-refractivity contribution in [3.63, 3.8) is 0 Å². The van der Waals surface area contributed by atoms with E-state index >= 15 is 0 Å². The Bertz CT molecular complexity index is 1260. The number of fused-ring (bicyclic) bond motifs is 1. The Morgan fingerprint density at radius 3 is 2.64 bits per heavy atom. The highest BCUT2D eigenvalue weighted by Crippen LogP contribution is 2.50. The maximum absolute atomic E-state index is 13.1. The normalized spacial score (nSPS) is 22.8. The number of ether oxygens (including phenoxy) is 4. The van der Waals surface area contributed by atoms with E-state index in [4.69, 9.17) is 18.9 Å². The van der Waals surface area contributed by atoms with Gasteiger partial charge in [0, 0.05) is 37.2 Å². The third-order valence-corrected chi connectivity index (χ3v) is 8.53. The molecule has 0 aromatic heterocycles. The highest BCUT2D eigenvalue weighted by molar-refractivity contribution is 5.79. The van der Waals surface area contributed by atoms with Crippen molar-refractivity contribution in [2.75, 3.05) is 45.9 Å². The van der Waals surface area contributed by atoms with Crippen molar-refractivity contribution in [2.24, 2.45) is 5.41 Å². The van der Waals surface area contributed by atoms with Crippen LogP contribution in [-0.4, -0.2) is 92.0 Å². The molecule has 2 aromatic carbocycles. The second-order valence-electron chi connectivity index (χ2n) is 11.7. The number of nitrogens with zero attached hydrogens (tertiary/aromatic N) is 2. The molecule has 4 aliphatic rings. The van der Waals surface area contributed by atoms with E-state index in [2.05, 4.69) is 10.6 Å². The summed E-state index contributed by atoms with van der Waals surface area (Å²) in [6, 6.07) is 17.2. The smallest absolute Gasteiger partial charge is 0.407 e. The van der Waals surface area contributed by atoms with Crippen LogP contribution in [0.1, 0.15) is 30.4 Å². The summed E-state index contributed by atoms with van der Waals surface area (Å²) in [5.41, 5.74) is 2.04. The molecule has 0 bridgehead atoms. The molecule has 42 heavy (non-hydrogen) atoms. The summed E-state index contributed by atoms with van der Waals surface area (Å²) in [5, 5.41) is 5.67. The van der Waals surface area contributed by atoms with Gasteiger partial charge >= 0.3 is 12.1 Å². The predicted octanol–water partition coefficient (Wildman–Crippen LogP) is 2.68. The maximum atomic E-state index is 13.1. The van der Waals surface area contributed by atoms with Gasteiger partial charge in [-0.25, -0.2) is 9.59 Å². The van der Waals surface area contributed by atoms with Gasteiger partial charge in [-0.2, -0.15) is 0 Å². The number of amides is 4. The molecule has 0 unspecified atom stereocenters. The molecule has 3 heterocycles. The van der Waals surface area contributed by atoms with Gasteiger partial charge < -0.3 is 39.4 Å². The Labute approximate surface area is 245 Å². The van der Waals surface area contributed by atoms with Gasteiger partial charge in [-0.1, -0.05) is 48.5 Å². The number of benzene rings is 2. The van der Waals surface area contributed by atoms with Crippen LogP contribution >= 0.6 is 0 Å². The van der Waals surface area contributed by atoms with Crippen LogP contribution in [0.2, 0.25) is 0 Å². The van der Waals surface area contributed by atoms with Crippen molar-refractivity contribution >= 4 is 18.0 Å². The molecular formula is C31H38N4O7. The molecule has 0 radical (unpaired) electrons. The zero-order valence-electron chi connectivity index (χ0n) is 23.7. The maximum Gasteiger partial charge on any atom is 0.407 e. The number of likely N-dealkylation sites (tertiary alicyclic amines) is 2. The van der Waals surface area contributed by atoms with E-state index in [1.807, 2.05) is 64.4 Å². The van der Waals surface area contributed by atoms with Gasteiger partial charge in [0.15, 0.2) is 0 Å². The lowest BCUT2D eigenvalue weighted by molar-refractivity contribution is -0.147. The Morgan fingerprint density at radius 1 is 1.02 bits per heavy atom. The fourth-order valence-electron chi connectivity index (χ4n) is 6.31. The topological polar surface area (TPSA) is 119 Å². The van der Waals surface area contributed by atoms with Gasteiger partial charge in [-0.05, 0) is 30.9 Å². The lowest BCUT2D eigenvalue weighted by Gasteiger charge is -2.59. The Morgan fingerprint density at radius 2 is 1.81 bits per heavy atom. The van der Waals surface area contributed by atoms with Crippen LogP contribution in [0.25, 0.3) is 0 Å². The molecular weight excluding hydrogens is 540 g/mol. The first-order valence-electron chi connectivity index (χ1n) is 14.7. The van der Waals surface area contributed by atoms with Crippen molar-refractivity contribution in [3.8, 4) is 5.75 Å². The van der Waals surface area contributed by atoms with E-state index in [1.165, 1.54) is 0 Å². The molecule has 4 fully saturated rings. The Balaban J connectivity index is 0.872. The first-order chi connectivity index (χ1) is 20.5. The summed E-state index contributed by atoms with van der Waals surface area (Å²) in [7, 11) is 0. The number of morpholine rings is 1. The van der Waals surface area contributed by atoms with Gasteiger partial charge in [-0.15, -0.1) is 0 Å². The quantitative estimate of drug-likeness (QED) is 0.439. The fraction of sp³-hybridized carbons (Fsp3) is 0.516. The summed E-state index contributed by atoms with van der Waals surface area (Å²) in [5.74, 6) is 0.617. The van der Waals surface area contributed by atoms with Crippen molar-refractivity contribution < 1.29 is 33.3 Å². The molecule has 2 aromatic rings. The van der Waals surface area contributed by atoms with Crippen LogP contribution in [0.15, 0.2) is 54.6 Å². The Hall–Kier alpha value is -3.83. The Kier molecular flexibility index (Phi) is 8.48. The average molecular weight is 579 g/mol. The average Bonchev–Trinajstić information content (AvgIpc) is 2.97. The van der Waals surface area contributed by atoms with E-state index in [1.54, 1.807) is 0 Å². The number of para-hydroxylation sites is 1. The van der Waals surface area contributed by atoms with Crippen LogP contribution < -0.4 is 15.4 Å². The SMILES string of the molecule is O=C1CO[C@H]2CCN(C(=O)N3CC4(CC(OCc5ccccc5OCCNC(=O)OCc5ccccc5)C4)C3)C[C@H]2N1.